The van der Waals surface area contributed by atoms with Crippen LogP contribution in [0.3, 0.4) is 0 Å². The van der Waals surface area contributed by atoms with Crippen LogP contribution in [-0.4, -0.2) is 37.5 Å². The van der Waals surface area contributed by atoms with Crippen LogP contribution in [0.15, 0.2) is 29.1 Å². The molecule has 0 fully saturated rings. The average molecular weight is 354 g/mol. The van der Waals surface area contributed by atoms with Gasteiger partial charge in [-0.25, -0.2) is 4.79 Å². The van der Waals surface area contributed by atoms with Crippen LogP contribution in [0.4, 0.5) is 5.69 Å². The number of rotatable bonds is 4. The minimum Gasteiger partial charge on any atom is -0.462 e. The highest BCUT2D eigenvalue weighted by molar-refractivity contribution is 6.00. The lowest BCUT2D eigenvalue weighted by Gasteiger charge is -2.11. The van der Waals surface area contributed by atoms with Crippen LogP contribution in [0.5, 0.6) is 0 Å². The van der Waals surface area contributed by atoms with E-state index in [4.69, 9.17) is 4.74 Å². The van der Waals surface area contributed by atoms with Gasteiger partial charge in [-0.15, -0.1) is 5.10 Å². The number of ether oxygens (including phenoxy) is 1. The number of nitro groups is 1. The molecule has 130 valence electrons. The first-order valence-electron chi connectivity index (χ1n) is 7.31. The molecule has 0 aliphatic carbocycles. The Morgan fingerprint density at radius 2 is 2.12 bits per heavy atom. The SMILES string of the molecule is CCOC(=O)c1c(-c2ccc([N+](=O)[O-])cc2)c(C#N)c2nn[nH]n2c1=O. The van der Waals surface area contributed by atoms with Gasteiger partial charge >= 0.3 is 5.97 Å². The highest BCUT2D eigenvalue weighted by Crippen LogP contribution is 2.29. The van der Waals surface area contributed by atoms with Crippen molar-refractivity contribution in [1.29, 1.82) is 5.26 Å². The van der Waals surface area contributed by atoms with Crippen molar-refractivity contribution in [3.63, 3.8) is 0 Å². The van der Waals surface area contributed by atoms with E-state index in [1.54, 1.807) is 6.92 Å². The number of H-pyrrole nitrogens is 1. The normalized spacial score (nSPS) is 10.5. The molecule has 2 aromatic heterocycles. The summed E-state index contributed by atoms with van der Waals surface area (Å²) in [5.74, 6) is -0.925. The van der Waals surface area contributed by atoms with Gasteiger partial charge in [-0.1, -0.05) is 5.21 Å². The van der Waals surface area contributed by atoms with E-state index in [2.05, 4.69) is 15.5 Å². The van der Waals surface area contributed by atoms with Crippen LogP contribution in [0.1, 0.15) is 22.8 Å². The lowest BCUT2D eigenvalue weighted by atomic mass is 9.96. The maximum Gasteiger partial charge on any atom is 0.344 e. The first-order valence-corrected chi connectivity index (χ1v) is 7.31. The molecule has 1 aromatic carbocycles. The number of non-ortho nitro benzene ring substituents is 1. The molecule has 0 aliphatic heterocycles. The number of nitriles is 1. The second-order valence-electron chi connectivity index (χ2n) is 5.03. The van der Waals surface area contributed by atoms with Crippen LogP contribution >= 0.6 is 0 Å². The minimum absolute atomic E-state index is 0.0141. The molecule has 3 aromatic rings. The van der Waals surface area contributed by atoms with Gasteiger partial charge in [0.25, 0.3) is 11.2 Å². The number of tetrazole rings is 1. The number of hydrogen-bond acceptors (Lipinski definition) is 8. The Hall–Kier alpha value is -4.07. The number of nitro benzene ring substituents is 1. The van der Waals surface area contributed by atoms with E-state index in [0.717, 1.165) is 4.52 Å². The van der Waals surface area contributed by atoms with Gasteiger partial charge in [0.05, 0.1) is 11.5 Å². The molecular weight excluding hydrogens is 344 g/mol. The summed E-state index contributed by atoms with van der Waals surface area (Å²) in [4.78, 5) is 35.3. The Morgan fingerprint density at radius 3 is 2.69 bits per heavy atom. The summed E-state index contributed by atoms with van der Waals surface area (Å²) in [6, 6.07) is 6.99. The summed E-state index contributed by atoms with van der Waals surface area (Å²) >= 11 is 0. The Kier molecular flexibility index (Phi) is 4.16. The van der Waals surface area contributed by atoms with E-state index in [9.17, 15) is 25.0 Å². The zero-order chi connectivity index (χ0) is 18.8. The number of nitrogens with one attached hydrogen (secondary N) is 1. The predicted molar refractivity (Wildman–Crippen MR) is 86.4 cm³/mol. The molecule has 0 amide bonds. The summed E-state index contributed by atoms with van der Waals surface area (Å²) in [7, 11) is 0. The van der Waals surface area contributed by atoms with Crippen molar-refractivity contribution >= 4 is 17.3 Å². The number of nitrogens with zero attached hydrogens (tertiary/aromatic N) is 5. The summed E-state index contributed by atoms with van der Waals surface area (Å²) < 4.78 is 5.79. The van der Waals surface area contributed by atoms with Crippen LogP contribution in [0.2, 0.25) is 0 Å². The number of aromatic amines is 1. The average Bonchev–Trinajstić information content (AvgIpc) is 3.11. The molecule has 0 bridgehead atoms. The zero-order valence-corrected chi connectivity index (χ0v) is 13.3. The van der Waals surface area contributed by atoms with Gasteiger partial charge in [-0.05, 0) is 24.6 Å². The number of carbonyl (C=O) groups is 1. The van der Waals surface area contributed by atoms with Crippen molar-refractivity contribution < 1.29 is 14.5 Å². The van der Waals surface area contributed by atoms with E-state index in [1.165, 1.54) is 24.3 Å². The van der Waals surface area contributed by atoms with Gasteiger partial charge < -0.3 is 4.74 Å². The van der Waals surface area contributed by atoms with Crippen LogP contribution in [-0.2, 0) is 4.74 Å². The van der Waals surface area contributed by atoms with Crippen LogP contribution in [0.25, 0.3) is 16.8 Å². The number of esters is 1. The van der Waals surface area contributed by atoms with Crippen molar-refractivity contribution in [2.45, 2.75) is 6.92 Å². The lowest BCUT2D eigenvalue weighted by molar-refractivity contribution is -0.384. The van der Waals surface area contributed by atoms with Crippen molar-refractivity contribution in [3.05, 3.63) is 55.9 Å². The van der Waals surface area contributed by atoms with E-state index >= 15 is 0 Å². The fourth-order valence-corrected chi connectivity index (χ4v) is 2.50. The zero-order valence-electron chi connectivity index (χ0n) is 13.3. The first kappa shape index (κ1) is 16.8. The molecule has 11 nitrogen and oxygen atoms in total. The number of fused-ring (bicyclic) bond motifs is 1. The van der Waals surface area contributed by atoms with Gasteiger partial charge in [0.15, 0.2) is 5.65 Å². The van der Waals surface area contributed by atoms with Gasteiger partial charge in [0.2, 0.25) is 0 Å². The molecule has 3 rings (SSSR count). The number of benzene rings is 1. The van der Waals surface area contributed by atoms with Crippen LogP contribution < -0.4 is 5.56 Å². The second-order valence-corrected chi connectivity index (χ2v) is 5.03. The van der Waals surface area contributed by atoms with Crippen molar-refractivity contribution in [1.82, 2.24) is 20.0 Å². The highest BCUT2D eigenvalue weighted by atomic mass is 16.6. The quantitative estimate of drug-likeness (QED) is 0.413. The maximum atomic E-state index is 12.7. The third-order valence-electron chi connectivity index (χ3n) is 3.60. The Morgan fingerprint density at radius 1 is 1.42 bits per heavy atom. The van der Waals surface area contributed by atoms with E-state index in [1.807, 2.05) is 6.07 Å². The van der Waals surface area contributed by atoms with Crippen molar-refractivity contribution in [2.24, 2.45) is 0 Å². The van der Waals surface area contributed by atoms with E-state index < -0.39 is 16.5 Å². The fraction of sp³-hybridized carbons (Fsp3) is 0.133. The van der Waals surface area contributed by atoms with Gasteiger partial charge in [-0.2, -0.15) is 15.0 Å². The summed E-state index contributed by atoms with van der Waals surface area (Å²) in [5.41, 5.74) is -1.27. The van der Waals surface area contributed by atoms with Gasteiger partial charge in [0.1, 0.15) is 17.2 Å². The summed E-state index contributed by atoms with van der Waals surface area (Å²) in [6.45, 7) is 1.59. The Balaban J connectivity index is 2.40. The Labute approximate surface area is 144 Å². The van der Waals surface area contributed by atoms with Gasteiger partial charge in [-0.3, -0.25) is 14.9 Å². The van der Waals surface area contributed by atoms with Gasteiger partial charge in [0, 0.05) is 17.7 Å². The number of aromatic nitrogens is 4. The molecule has 0 atom stereocenters. The minimum atomic E-state index is -0.925. The maximum absolute atomic E-state index is 12.7. The third-order valence-corrected chi connectivity index (χ3v) is 3.60. The lowest BCUT2D eigenvalue weighted by Crippen LogP contribution is -2.26. The third kappa shape index (κ3) is 2.55. The molecule has 1 N–H and O–H groups in total. The first-order chi connectivity index (χ1) is 12.5. The number of hydrogen-bond donors (Lipinski definition) is 1. The van der Waals surface area contributed by atoms with Crippen molar-refractivity contribution in [3.8, 4) is 17.2 Å². The molecule has 0 saturated heterocycles. The molecular formula is C15H10N6O5. The van der Waals surface area contributed by atoms with E-state index in [-0.39, 0.29) is 40.2 Å². The summed E-state index contributed by atoms with van der Waals surface area (Å²) in [6.07, 6.45) is 0. The molecule has 0 radical (unpaired) electrons. The largest absolute Gasteiger partial charge is 0.462 e. The Bertz CT molecular complexity index is 1120. The van der Waals surface area contributed by atoms with E-state index in [0.29, 0.717) is 0 Å². The predicted octanol–water partition coefficient (Wildman–Crippen LogP) is 1.04. The topological polar surface area (TPSA) is 156 Å². The number of pyridine rings is 1. The molecule has 0 spiro atoms. The number of carbonyl (C=O) groups excluding carboxylic acids is 1. The van der Waals surface area contributed by atoms with Crippen molar-refractivity contribution in [2.75, 3.05) is 6.61 Å². The summed E-state index contributed by atoms with van der Waals surface area (Å²) in [5, 5.41) is 29.9. The highest BCUT2D eigenvalue weighted by Gasteiger charge is 2.27. The second kappa shape index (κ2) is 6.44. The standard InChI is InChI=1S/C15H10N6O5/c1-2-26-15(23)12-11(8-3-5-9(6-4-8)21(24)25)10(7-16)13-17-18-19-20(13)14(12)22/h3-6H,2H2,1H3,(H,17,19). The molecule has 0 saturated carbocycles. The molecule has 2 heterocycles. The molecule has 0 unspecified atom stereocenters. The smallest absolute Gasteiger partial charge is 0.344 e. The molecule has 11 heteroatoms. The van der Waals surface area contributed by atoms with Crippen LogP contribution in [0, 0.1) is 21.4 Å². The molecule has 26 heavy (non-hydrogen) atoms. The monoisotopic (exact) mass is 354 g/mol. The molecule has 0 aliphatic rings. The fourth-order valence-electron chi connectivity index (χ4n) is 2.50.